The number of ketones is 1. The van der Waals surface area contributed by atoms with Crippen LogP contribution in [0.1, 0.15) is 35.9 Å². The zero-order chi connectivity index (χ0) is 26.5. The van der Waals surface area contributed by atoms with Gasteiger partial charge >= 0.3 is 0 Å². The quantitative estimate of drug-likeness (QED) is 0.145. The van der Waals surface area contributed by atoms with E-state index in [0.717, 1.165) is 62.0 Å². The first-order valence-corrected chi connectivity index (χ1v) is 13.7. The van der Waals surface area contributed by atoms with E-state index in [1.165, 1.54) is 17.8 Å². The Kier molecular flexibility index (Phi) is 5.71. The second kappa shape index (κ2) is 9.40. The molecule has 0 bridgehead atoms. The van der Waals surface area contributed by atoms with Crippen LogP contribution in [0.4, 0.5) is 5.69 Å². The number of pyridine rings is 2. The van der Waals surface area contributed by atoms with Gasteiger partial charge in [0, 0.05) is 39.7 Å². The van der Waals surface area contributed by atoms with E-state index in [0.29, 0.717) is 22.3 Å². The van der Waals surface area contributed by atoms with Crippen LogP contribution in [0.5, 0.6) is 0 Å². The predicted octanol–water partition coefficient (Wildman–Crippen LogP) is 6.02. The molecule has 0 radical (unpaired) electrons. The SMILES string of the molecule is CC(=O)c1ccc(-c2cncc3[nH]c(-c4n[nH]c5ccc(-c6cncc(NC(O)C7CCC7)c6)cc45)nc23)s1. The number of hydrogen-bond acceptors (Lipinski definition) is 8. The van der Waals surface area contributed by atoms with E-state index < -0.39 is 6.23 Å². The number of hydrogen-bond donors (Lipinski definition) is 4. The number of aromatic nitrogens is 6. The van der Waals surface area contributed by atoms with Crippen molar-refractivity contribution in [1.82, 2.24) is 30.1 Å². The fourth-order valence-electron chi connectivity index (χ4n) is 4.99. The fraction of sp³-hybridized carbons (Fsp3) is 0.207. The minimum Gasteiger partial charge on any atom is -0.374 e. The molecule has 4 N–H and O–H groups in total. The summed E-state index contributed by atoms with van der Waals surface area (Å²) in [7, 11) is 0. The van der Waals surface area contributed by atoms with Gasteiger partial charge in [0.05, 0.1) is 34.0 Å². The van der Waals surface area contributed by atoms with Crippen molar-refractivity contribution in [3.63, 3.8) is 0 Å². The molecule has 194 valence electrons. The Labute approximate surface area is 227 Å². The maximum Gasteiger partial charge on any atom is 0.169 e. The number of aliphatic hydroxyl groups excluding tert-OH is 1. The van der Waals surface area contributed by atoms with Crippen LogP contribution in [-0.4, -0.2) is 47.3 Å². The molecule has 1 aliphatic rings. The molecule has 5 heterocycles. The summed E-state index contributed by atoms with van der Waals surface area (Å²) in [4.78, 5) is 30.5. The van der Waals surface area contributed by atoms with Gasteiger partial charge in [-0.25, -0.2) is 4.98 Å². The Hall–Kier alpha value is -4.41. The summed E-state index contributed by atoms with van der Waals surface area (Å²) in [5.74, 6) is 0.969. The highest BCUT2D eigenvalue weighted by Gasteiger charge is 2.25. The lowest BCUT2D eigenvalue weighted by Crippen LogP contribution is -2.33. The number of carbonyl (C=O) groups is 1. The summed E-state index contributed by atoms with van der Waals surface area (Å²) in [6, 6.07) is 11.9. The molecule has 1 saturated carbocycles. The zero-order valence-corrected chi connectivity index (χ0v) is 21.9. The topological polar surface area (TPSA) is 132 Å². The van der Waals surface area contributed by atoms with Crippen molar-refractivity contribution < 1.29 is 9.90 Å². The van der Waals surface area contributed by atoms with Gasteiger partial charge in [0.15, 0.2) is 11.6 Å². The molecule has 6 aromatic rings. The van der Waals surface area contributed by atoms with E-state index >= 15 is 0 Å². The van der Waals surface area contributed by atoms with Gasteiger partial charge in [-0.1, -0.05) is 12.5 Å². The second-order valence-electron chi connectivity index (χ2n) is 9.96. The minimum absolute atomic E-state index is 0.0407. The summed E-state index contributed by atoms with van der Waals surface area (Å²) < 4.78 is 0. The molecule has 7 rings (SSSR count). The molecule has 1 aromatic carbocycles. The van der Waals surface area contributed by atoms with Gasteiger partial charge in [-0.2, -0.15) is 5.10 Å². The van der Waals surface area contributed by atoms with E-state index in [9.17, 15) is 9.90 Å². The van der Waals surface area contributed by atoms with Crippen LogP contribution < -0.4 is 5.32 Å². The predicted molar refractivity (Wildman–Crippen MR) is 152 cm³/mol. The molecule has 0 saturated heterocycles. The maximum absolute atomic E-state index is 11.8. The Morgan fingerprint density at radius 2 is 1.92 bits per heavy atom. The number of Topliss-reactive ketones (excluding diaryl/α,β-unsaturated/α-hetero) is 1. The molecule has 1 atom stereocenters. The van der Waals surface area contributed by atoms with Gasteiger partial charge in [-0.15, -0.1) is 11.3 Å². The number of nitrogens with zero attached hydrogens (tertiary/aromatic N) is 4. The van der Waals surface area contributed by atoms with Gasteiger partial charge < -0.3 is 15.4 Å². The van der Waals surface area contributed by atoms with E-state index in [2.05, 4.69) is 36.5 Å². The molecule has 10 heteroatoms. The first-order valence-electron chi connectivity index (χ1n) is 12.9. The van der Waals surface area contributed by atoms with Crippen molar-refractivity contribution >= 4 is 44.7 Å². The number of benzene rings is 1. The van der Waals surface area contributed by atoms with E-state index in [1.807, 2.05) is 36.5 Å². The van der Waals surface area contributed by atoms with Crippen LogP contribution in [0.15, 0.2) is 61.2 Å². The van der Waals surface area contributed by atoms with Crippen molar-refractivity contribution in [2.75, 3.05) is 5.32 Å². The largest absolute Gasteiger partial charge is 0.374 e. The number of aromatic amines is 2. The molecule has 1 aliphatic carbocycles. The molecule has 1 unspecified atom stereocenters. The number of imidazole rings is 1. The highest BCUT2D eigenvalue weighted by atomic mass is 32.1. The van der Waals surface area contributed by atoms with Gasteiger partial charge in [-0.3, -0.25) is 19.9 Å². The van der Waals surface area contributed by atoms with Crippen LogP contribution in [-0.2, 0) is 0 Å². The number of carbonyl (C=O) groups excluding carboxylic acids is 1. The third kappa shape index (κ3) is 4.27. The standard InChI is InChI=1S/C29H25N7O2S/c1-15(37)24-7-8-25(39-24)21-13-31-14-23-26(21)34-28(33-23)27-20-10-17(5-6-22(20)35-36-27)18-9-19(12-30-11-18)32-29(38)16-3-2-4-16/h5-14,16,29,32,38H,2-4H2,1H3,(H,33,34)(H,35,36). The summed E-state index contributed by atoms with van der Waals surface area (Å²) in [6.45, 7) is 1.57. The second-order valence-corrected chi connectivity index (χ2v) is 11.0. The summed E-state index contributed by atoms with van der Waals surface area (Å²) in [5, 5.41) is 22.3. The number of fused-ring (bicyclic) bond motifs is 2. The highest BCUT2D eigenvalue weighted by molar-refractivity contribution is 7.17. The average molecular weight is 536 g/mol. The smallest absolute Gasteiger partial charge is 0.169 e. The lowest BCUT2D eigenvalue weighted by molar-refractivity contribution is 0.0851. The third-order valence-electron chi connectivity index (χ3n) is 7.38. The Morgan fingerprint density at radius 3 is 2.72 bits per heavy atom. The molecule has 0 amide bonds. The minimum atomic E-state index is -0.561. The lowest BCUT2D eigenvalue weighted by atomic mass is 9.84. The Balaban J connectivity index is 1.25. The molecule has 1 fully saturated rings. The number of nitrogens with one attached hydrogen (secondary N) is 3. The zero-order valence-electron chi connectivity index (χ0n) is 21.1. The Morgan fingerprint density at radius 1 is 1.05 bits per heavy atom. The number of H-pyrrole nitrogens is 2. The van der Waals surface area contributed by atoms with Crippen LogP contribution in [0.3, 0.4) is 0 Å². The van der Waals surface area contributed by atoms with E-state index in [4.69, 9.17) is 4.98 Å². The first-order chi connectivity index (χ1) is 19.0. The van der Waals surface area contributed by atoms with Crippen molar-refractivity contribution in [1.29, 1.82) is 0 Å². The summed E-state index contributed by atoms with van der Waals surface area (Å²) in [6.07, 6.45) is 9.79. The highest BCUT2D eigenvalue weighted by Crippen LogP contribution is 2.36. The monoisotopic (exact) mass is 535 g/mol. The molecular formula is C29H25N7O2S. The van der Waals surface area contributed by atoms with Crippen LogP contribution >= 0.6 is 11.3 Å². The molecule has 5 aromatic heterocycles. The van der Waals surface area contributed by atoms with Gasteiger partial charge in [0.25, 0.3) is 0 Å². The Bertz CT molecular complexity index is 1850. The summed E-state index contributed by atoms with van der Waals surface area (Å²) in [5.41, 5.74) is 6.73. The van der Waals surface area contributed by atoms with E-state index in [1.54, 1.807) is 25.5 Å². The van der Waals surface area contributed by atoms with Crippen LogP contribution in [0.2, 0.25) is 0 Å². The molecule has 0 aliphatic heterocycles. The average Bonchev–Trinajstić information content (AvgIpc) is 3.65. The molecular weight excluding hydrogens is 510 g/mol. The third-order valence-corrected chi connectivity index (χ3v) is 8.60. The maximum atomic E-state index is 11.8. The number of thiophene rings is 1. The summed E-state index contributed by atoms with van der Waals surface area (Å²) >= 11 is 1.44. The lowest BCUT2D eigenvalue weighted by Gasteiger charge is -2.31. The number of rotatable bonds is 7. The van der Waals surface area contributed by atoms with Crippen molar-refractivity contribution in [3.8, 4) is 33.1 Å². The number of aliphatic hydroxyl groups is 1. The van der Waals surface area contributed by atoms with Crippen molar-refractivity contribution in [2.24, 2.45) is 5.92 Å². The van der Waals surface area contributed by atoms with Gasteiger partial charge in [0.2, 0.25) is 0 Å². The normalized spacial score (nSPS) is 14.5. The van der Waals surface area contributed by atoms with Gasteiger partial charge in [0.1, 0.15) is 17.4 Å². The van der Waals surface area contributed by atoms with E-state index in [-0.39, 0.29) is 5.78 Å². The first kappa shape index (κ1) is 23.7. The van der Waals surface area contributed by atoms with Crippen LogP contribution in [0, 0.1) is 5.92 Å². The van der Waals surface area contributed by atoms with Crippen LogP contribution in [0.25, 0.3) is 55.0 Å². The number of anilines is 1. The molecule has 0 spiro atoms. The molecule has 39 heavy (non-hydrogen) atoms. The fourth-order valence-corrected chi connectivity index (χ4v) is 5.90. The van der Waals surface area contributed by atoms with Crippen molar-refractivity contribution in [3.05, 3.63) is 66.1 Å². The molecule has 9 nitrogen and oxygen atoms in total. The van der Waals surface area contributed by atoms with Crippen molar-refractivity contribution in [2.45, 2.75) is 32.4 Å². The van der Waals surface area contributed by atoms with Gasteiger partial charge in [-0.05, 0) is 55.7 Å².